The van der Waals surface area contributed by atoms with Crippen molar-refractivity contribution in [1.29, 1.82) is 0 Å². The highest BCUT2D eigenvalue weighted by Gasteiger charge is 2.12. The van der Waals surface area contributed by atoms with Crippen molar-refractivity contribution in [3.8, 4) is 34.4 Å². The SMILES string of the molecule is Cc1onc(-c2ccccc2)c1C#Cc1ccccn1.Cc1onc(-c2ccccc2)c1I. The van der Waals surface area contributed by atoms with E-state index in [2.05, 4.69) is 49.7 Å². The highest BCUT2D eigenvalue weighted by atomic mass is 127. The van der Waals surface area contributed by atoms with E-state index >= 15 is 0 Å². The second-order valence-electron chi connectivity index (χ2n) is 7.06. The van der Waals surface area contributed by atoms with Gasteiger partial charge in [-0.3, -0.25) is 0 Å². The Bertz CT molecular complexity index is 1380. The zero-order chi connectivity index (χ0) is 23.0. The molecule has 0 spiro atoms. The third-order valence-electron chi connectivity index (χ3n) is 4.73. The predicted octanol–water partition coefficient (Wildman–Crippen LogP) is 6.70. The summed E-state index contributed by atoms with van der Waals surface area (Å²) in [5.41, 5.74) is 5.33. The normalized spacial score (nSPS) is 10.0. The van der Waals surface area contributed by atoms with Crippen LogP contribution in [-0.4, -0.2) is 15.3 Å². The van der Waals surface area contributed by atoms with E-state index in [0.717, 1.165) is 43.1 Å². The molecule has 0 saturated heterocycles. The molecule has 0 amide bonds. The van der Waals surface area contributed by atoms with E-state index in [-0.39, 0.29) is 0 Å². The third kappa shape index (κ3) is 5.57. The molecule has 5 aromatic rings. The van der Waals surface area contributed by atoms with E-state index in [1.807, 2.05) is 92.7 Å². The predicted molar refractivity (Wildman–Crippen MR) is 136 cm³/mol. The molecule has 5 rings (SSSR count). The van der Waals surface area contributed by atoms with Gasteiger partial charge < -0.3 is 9.05 Å². The molecule has 3 heterocycles. The summed E-state index contributed by atoms with van der Waals surface area (Å²) in [6, 6.07) is 25.6. The first-order valence-corrected chi connectivity index (χ1v) is 11.3. The van der Waals surface area contributed by atoms with Crippen molar-refractivity contribution < 1.29 is 9.05 Å². The largest absolute Gasteiger partial charge is 0.360 e. The first kappa shape index (κ1) is 22.5. The number of aromatic nitrogens is 3. The average Bonchev–Trinajstić information content (AvgIpc) is 3.41. The molecule has 0 fully saturated rings. The van der Waals surface area contributed by atoms with E-state index in [0.29, 0.717) is 5.76 Å². The number of aryl methyl sites for hydroxylation is 2. The lowest BCUT2D eigenvalue weighted by molar-refractivity contribution is 0.398. The maximum atomic E-state index is 5.27. The number of hydrogen-bond donors (Lipinski definition) is 0. The van der Waals surface area contributed by atoms with Crippen LogP contribution in [0.2, 0.25) is 0 Å². The fraction of sp³-hybridized carbons (Fsp3) is 0.0741. The van der Waals surface area contributed by atoms with Crippen molar-refractivity contribution in [3.05, 3.63) is 111 Å². The van der Waals surface area contributed by atoms with E-state index in [9.17, 15) is 0 Å². The molecular formula is C27H20IN3O2. The molecule has 0 N–H and O–H groups in total. The zero-order valence-electron chi connectivity index (χ0n) is 18.1. The van der Waals surface area contributed by atoms with Crippen LogP contribution >= 0.6 is 22.6 Å². The molecule has 0 saturated carbocycles. The maximum Gasteiger partial charge on any atom is 0.149 e. The van der Waals surface area contributed by atoms with Crippen molar-refractivity contribution in [2.24, 2.45) is 0 Å². The molecule has 0 unspecified atom stereocenters. The van der Waals surface area contributed by atoms with Crippen molar-refractivity contribution in [1.82, 2.24) is 15.3 Å². The van der Waals surface area contributed by atoms with E-state index in [1.165, 1.54) is 0 Å². The molecular weight excluding hydrogens is 525 g/mol. The van der Waals surface area contributed by atoms with Crippen LogP contribution in [-0.2, 0) is 0 Å². The highest BCUT2D eigenvalue weighted by Crippen LogP contribution is 2.26. The molecule has 0 atom stereocenters. The van der Waals surface area contributed by atoms with Gasteiger partial charge in [0.05, 0.1) is 9.13 Å². The van der Waals surface area contributed by atoms with Crippen LogP contribution in [0.1, 0.15) is 22.8 Å². The van der Waals surface area contributed by atoms with Crippen LogP contribution in [0.15, 0.2) is 94.1 Å². The summed E-state index contributed by atoms with van der Waals surface area (Å²) in [6.07, 6.45) is 1.72. The second-order valence-corrected chi connectivity index (χ2v) is 8.14. The van der Waals surface area contributed by atoms with Crippen LogP contribution in [0.5, 0.6) is 0 Å². The molecule has 0 radical (unpaired) electrons. The average molecular weight is 545 g/mol. The lowest BCUT2D eigenvalue weighted by Crippen LogP contribution is -1.84. The molecule has 0 aliphatic rings. The highest BCUT2D eigenvalue weighted by molar-refractivity contribution is 14.1. The summed E-state index contributed by atoms with van der Waals surface area (Å²) in [5, 5.41) is 8.10. The summed E-state index contributed by atoms with van der Waals surface area (Å²) in [6.45, 7) is 3.78. The molecule has 162 valence electrons. The Morgan fingerprint density at radius 2 is 1.24 bits per heavy atom. The molecule has 0 aliphatic carbocycles. The molecule has 3 aromatic heterocycles. The van der Waals surface area contributed by atoms with Gasteiger partial charge >= 0.3 is 0 Å². The number of pyridine rings is 1. The van der Waals surface area contributed by atoms with Gasteiger partial charge in [0.25, 0.3) is 0 Å². The number of nitrogens with zero attached hydrogens (tertiary/aromatic N) is 3. The minimum atomic E-state index is 0.715. The van der Waals surface area contributed by atoms with Gasteiger partial charge in [-0.05, 0) is 54.5 Å². The van der Waals surface area contributed by atoms with E-state index in [4.69, 9.17) is 9.05 Å². The van der Waals surface area contributed by atoms with Crippen LogP contribution in [0, 0.1) is 29.3 Å². The minimum Gasteiger partial charge on any atom is -0.360 e. The Kier molecular flexibility index (Phi) is 7.33. The summed E-state index contributed by atoms with van der Waals surface area (Å²) < 4.78 is 11.4. The molecule has 33 heavy (non-hydrogen) atoms. The summed E-state index contributed by atoms with van der Waals surface area (Å²) in [4.78, 5) is 4.19. The number of rotatable bonds is 2. The Morgan fingerprint density at radius 3 is 1.82 bits per heavy atom. The first-order valence-electron chi connectivity index (χ1n) is 10.3. The Morgan fingerprint density at radius 1 is 0.667 bits per heavy atom. The molecule has 0 aliphatic heterocycles. The summed E-state index contributed by atoms with van der Waals surface area (Å²) >= 11 is 2.25. The molecule has 0 bridgehead atoms. The van der Waals surface area contributed by atoms with Gasteiger partial charge in [0.1, 0.15) is 28.6 Å². The number of hydrogen-bond acceptors (Lipinski definition) is 5. The second kappa shape index (κ2) is 10.7. The fourth-order valence-electron chi connectivity index (χ4n) is 3.01. The summed E-state index contributed by atoms with van der Waals surface area (Å²) in [7, 11) is 0. The fourth-order valence-corrected chi connectivity index (χ4v) is 3.52. The quantitative estimate of drug-likeness (QED) is 0.183. The summed E-state index contributed by atoms with van der Waals surface area (Å²) in [5.74, 6) is 7.73. The monoisotopic (exact) mass is 545 g/mol. The molecule has 6 heteroatoms. The number of benzene rings is 2. The lowest BCUT2D eigenvalue weighted by atomic mass is 10.1. The van der Waals surface area contributed by atoms with Crippen LogP contribution in [0.25, 0.3) is 22.5 Å². The van der Waals surface area contributed by atoms with Gasteiger partial charge in [-0.2, -0.15) is 0 Å². The molecule has 2 aromatic carbocycles. The van der Waals surface area contributed by atoms with Crippen LogP contribution < -0.4 is 0 Å². The topological polar surface area (TPSA) is 65.0 Å². The third-order valence-corrected chi connectivity index (χ3v) is 6.00. The lowest BCUT2D eigenvalue weighted by Gasteiger charge is -1.95. The van der Waals surface area contributed by atoms with Gasteiger partial charge in [-0.25, -0.2) is 4.98 Å². The van der Waals surface area contributed by atoms with E-state index < -0.39 is 0 Å². The Balaban J connectivity index is 0.000000172. The van der Waals surface area contributed by atoms with Gasteiger partial charge in [-0.1, -0.05) is 83.0 Å². The van der Waals surface area contributed by atoms with E-state index in [1.54, 1.807) is 6.20 Å². The number of halogens is 1. The van der Waals surface area contributed by atoms with Crippen molar-refractivity contribution in [2.75, 3.05) is 0 Å². The zero-order valence-corrected chi connectivity index (χ0v) is 20.3. The van der Waals surface area contributed by atoms with Gasteiger partial charge in [0.2, 0.25) is 0 Å². The minimum absolute atomic E-state index is 0.715. The van der Waals surface area contributed by atoms with Crippen molar-refractivity contribution in [2.45, 2.75) is 13.8 Å². The van der Waals surface area contributed by atoms with Crippen molar-refractivity contribution >= 4 is 22.6 Å². The Labute approximate surface area is 206 Å². The van der Waals surface area contributed by atoms with Crippen LogP contribution in [0.3, 0.4) is 0 Å². The first-order chi connectivity index (χ1) is 16.1. The van der Waals surface area contributed by atoms with Gasteiger partial charge in [0, 0.05) is 17.3 Å². The smallest absolute Gasteiger partial charge is 0.149 e. The van der Waals surface area contributed by atoms with Gasteiger partial charge in [-0.15, -0.1) is 0 Å². The molecule has 5 nitrogen and oxygen atoms in total. The van der Waals surface area contributed by atoms with Crippen LogP contribution in [0.4, 0.5) is 0 Å². The van der Waals surface area contributed by atoms with Crippen molar-refractivity contribution in [3.63, 3.8) is 0 Å². The van der Waals surface area contributed by atoms with Gasteiger partial charge in [0.15, 0.2) is 0 Å². The standard InChI is InChI=1S/C17H12N2O.C10H8INO/c1-13-16(11-10-15-9-5-6-12-18-15)17(19-20-13)14-7-3-2-4-8-14;1-7-9(11)10(12-13-7)8-5-3-2-4-6-8/h2-9,12H,1H3;2-6H,1H3. The Hall–Kier alpha value is -3.70. The maximum absolute atomic E-state index is 5.27.